The smallest absolute Gasteiger partial charge is 0.157 e. The Bertz CT molecular complexity index is 155. The van der Waals surface area contributed by atoms with Gasteiger partial charge in [0, 0.05) is 13.5 Å². The summed E-state index contributed by atoms with van der Waals surface area (Å²) in [6, 6.07) is 0. The number of ether oxygens (including phenoxy) is 3. The third-order valence-electron chi connectivity index (χ3n) is 2.32. The van der Waals surface area contributed by atoms with Crippen LogP contribution in [0.5, 0.6) is 0 Å². The van der Waals surface area contributed by atoms with Crippen LogP contribution in [0.2, 0.25) is 0 Å². The molecule has 0 aromatic heterocycles. The molecule has 0 aromatic rings. The molecule has 0 aromatic carbocycles. The monoisotopic (exact) mass is 160 g/mol. The van der Waals surface area contributed by atoms with Crippen LogP contribution in [0.1, 0.15) is 6.42 Å². The average Bonchev–Trinajstić information content (AvgIpc) is 2.76. The van der Waals surface area contributed by atoms with Gasteiger partial charge in [0.05, 0.1) is 19.3 Å². The molecule has 2 rings (SSSR count). The molecule has 4 nitrogen and oxygen atoms in total. The summed E-state index contributed by atoms with van der Waals surface area (Å²) >= 11 is 0. The van der Waals surface area contributed by atoms with Crippen LogP contribution in [0.3, 0.4) is 0 Å². The van der Waals surface area contributed by atoms with Crippen molar-refractivity contribution in [2.75, 3.05) is 20.3 Å². The Kier molecular flexibility index (Phi) is 1.64. The summed E-state index contributed by atoms with van der Waals surface area (Å²) in [6.45, 7) is 1.14. The van der Waals surface area contributed by atoms with Crippen LogP contribution in [-0.2, 0) is 14.2 Å². The number of hydrogen-bond donors (Lipinski definition) is 1. The van der Waals surface area contributed by atoms with E-state index < -0.39 is 6.29 Å². The number of rotatable bonds is 1. The van der Waals surface area contributed by atoms with E-state index in [4.69, 9.17) is 19.3 Å². The lowest BCUT2D eigenvalue weighted by Crippen LogP contribution is -2.45. The van der Waals surface area contributed by atoms with E-state index >= 15 is 0 Å². The van der Waals surface area contributed by atoms with Gasteiger partial charge in [0.15, 0.2) is 6.29 Å². The molecule has 2 aliphatic heterocycles. The third kappa shape index (κ3) is 1.16. The fourth-order valence-corrected chi connectivity index (χ4v) is 1.47. The first-order chi connectivity index (χ1) is 5.27. The van der Waals surface area contributed by atoms with Crippen LogP contribution in [0.25, 0.3) is 0 Å². The standard InChI is InChI=1S/C7H12O4/c1-9-5-2-6(8)10-3-7(5)4-11-7/h5-6,8H,2-4H2,1H3/t5-,6-,7-/m1/s1. The van der Waals surface area contributed by atoms with Crippen molar-refractivity contribution in [2.45, 2.75) is 24.4 Å². The van der Waals surface area contributed by atoms with Crippen LogP contribution < -0.4 is 0 Å². The summed E-state index contributed by atoms with van der Waals surface area (Å²) in [7, 11) is 1.63. The molecule has 2 aliphatic rings. The zero-order valence-electron chi connectivity index (χ0n) is 6.45. The van der Waals surface area contributed by atoms with E-state index in [1.807, 2.05) is 0 Å². The molecule has 0 bridgehead atoms. The number of aliphatic hydroxyl groups excluding tert-OH is 1. The van der Waals surface area contributed by atoms with E-state index in [1.165, 1.54) is 0 Å². The van der Waals surface area contributed by atoms with Crippen molar-refractivity contribution in [3.8, 4) is 0 Å². The minimum Gasteiger partial charge on any atom is -0.378 e. The van der Waals surface area contributed by atoms with E-state index in [9.17, 15) is 0 Å². The first-order valence-electron chi connectivity index (χ1n) is 3.73. The lowest BCUT2D eigenvalue weighted by atomic mass is 9.99. The molecule has 0 saturated carbocycles. The van der Waals surface area contributed by atoms with Gasteiger partial charge >= 0.3 is 0 Å². The topological polar surface area (TPSA) is 51.2 Å². The third-order valence-corrected chi connectivity index (χ3v) is 2.32. The van der Waals surface area contributed by atoms with Crippen molar-refractivity contribution < 1.29 is 19.3 Å². The zero-order valence-corrected chi connectivity index (χ0v) is 6.45. The highest BCUT2D eigenvalue weighted by Crippen LogP contribution is 2.38. The zero-order chi connectivity index (χ0) is 7.90. The Balaban J connectivity index is 2.01. The second-order valence-electron chi connectivity index (χ2n) is 3.08. The number of epoxide rings is 1. The van der Waals surface area contributed by atoms with Gasteiger partial charge in [0.25, 0.3) is 0 Å². The quantitative estimate of drug-likeness (QED) is 0.526. The summed E-state index contributed by atoms with van der Waals surface area (Å²) < 4.78 is 15.4. The summed E-state index contributed by atoms with van der Waals surface area (Å²) in [4.78, 5) is 0. The highest BCUT2D eigenvalue weighted by atomic mass is 16.7. The van der Waals surface area contributed by atoms with Gasteiger partial charge < -0.3 is 19.3 Å². The first-order valence-corrected chi connectivity index (χ1v) is 3.73. The molecule has 4 heteroatoms. The summed E-state index contributed by atoms with van der Waals surface area (Å²) in [6.07, 6.45) is -0.183. The van der Waals surface area contributed by atoms with Gasteiger partial charge in [-0.05, 0) is 0 Å². The predicted octanol–water partition coefficient (Wildman–Crippen LogP) is -0.491. The largest absolute Gasteiger partial charge is 0.378 e. The molecule has 0 aliphatic carbocycles. The molecule has 64 valence electrons. The van der Waals surface area contributed by atoms with Crippen LogP contribution >= 0.6 is 0 Å². The summed E-state index contributed by atoms with van der Waals surface area (Å²) in [5.74, 6) is 0. The molecule has 1 spiro atoms. The minimum atomic E-state index is -0.685. The van der Waals surface area contributed by atoms with Crippen molar-refractivity contribution >= 4 is 0 Å². The fraction of sp³-hybridized carbons (Fsp3) is 1.00. The van der Waals surface area contributed by atoms with Crippen molar-refractivity contribution in [2.24, 2.45) is 0 Å². The van der Waals surface area contributed by atoms with Gasteiger partial charge in [-0.3, -0.25) is 0 Å². The number of hydrogen-bond acceptors (Lipinski definition) is 4. The Hall–Kier alpha value is -0.160. The normalized spacial score (nSPS) is 49.6. The molecular formula is C7H12O4. The van der Waals surface area contributed by atoms with Crippen LogP contribution in [0.15, 0.2) is 0 Å². The van der Waals surface area contributed by atoms with Gasteiger partial charge in [0.2, 0.25) is 0 Å². The minimum absolute atomic E-state index is 0.00810. The molecule has 2 saturated heterocycles. The van der Waals surface area contributed by atoms with Crippen molar-refractivity contribution in [3.05, 3.63) is 0 Å². The maximum Gasteiger partial charge on any atom is 0.157 e. The maximum absolute atomic E-state index is 9.11. The second-order valence-corrected chi connectivity index (χ2v) is 3.08. The predicted molar refractivity (Wildman–Crippen MR) is 36.1 cm³/mol. The Morgan fingerprint density at radius 2 is 2.27 bits per heavy atom. The first kappa shape index (κ1) is 7.49. The molecule has 1 N–H and O–H groups in total. The average molecular weight is 160 g/mol. The molecule has 0 radical (unpaired) electrons. The van der Waals surface area contributed by atoms with Gasteiger partial charge in [0.1, 0.15) is 5.60 Å². The molecule has 3 atom stereocenters. The van der Waals surface area contributed by atoms with E-state index in [0.717, 1.165) is 0 Å². The Morgan fingerprint density at radius 3 is 2.82 bits per heavy atom. The van der Waals surface area contributed by atoms with Crippen molar-refractivity contribution in [1.29, 1.82) is 0 Å². The highest BCUT2D eigenvalue weighted by Gasteiger charge is 2.55. The van der Waals surface area contributed by atoms with Crippen molar-refractivity contribution in [1.82, 2.24) is 0 Å². The van der Waals surface area contributed by atoms with Gasteiger partial charge in [-0.2, -0.15) is 0 Å². The molecule has 0 unspecified atom stereocenters. The maximum atomic E-state index is 9.11. The van der Waals surface area contributed by atoms with Crippen LogP contribution in [0.4, 0.5) is 0 Å². The van der Waals surface area contributed by atoms with E-state index in [-0.39, 0.29) is 11.7 Å². The lowest BCUT2D eigenvalue weighted by molar-refractivity contribution is -0.186. The van der Waals surface area contributed by atoms with E-state index in [2.05, 4.69) is 0 Å². The van der Waals surface area contributed by atoms with Crippen LogP contribution in [-0.4, -0.2) is 43.4 Å². The van der Waals surface area contributed by atoms with Gasteiger partial charge in [-0.1, -0.05) is 0 Å². The number of methoxy groups -OCH3 is 1. The summed E-state index contributed by atoms with van der Waals surface area (Å²) in [5.41, 5.74) is -0.228. The van der Waals surface area contributed by atoms with E-state index in [1.54, 1.807) is 7.11 Å². The SMILES string of the molecule is CO[C@@H]1C[C@H](O)OC[C@@]12CO2. The number of aliphatic hydroxyl groups is 1. The molecule has 2 heterocycles. The Morgan fingerprint density at radius 1 is 1.55 bits per heavy atom. The lowest BCUT2D eigenvalue weighted by Gasteiger charge is -2.30. The fourth-order valence-electron chi connectivity index (χ4n) is 1.47. The van der Waals surface area contributed by atoms with Gasteiger partial charge in [-0.15, -0.1) is 0 Å². The molecule has 2 fully saturated rings. The van der Waals surface area contributed by atoms with Crippen molar-refractivity contribution in [3.63, 3.8) is 0 Å². The van der Waals surface area contributed by atoms with Gasteiger partial charge in [-0.25, -0.2) is 0 Å². The second kappa shape index (κ2) is 2.42. The highest BCUT2D eigenvalue weighted by molar-refractivity contribution is 5.02. The van der Waals surface area contributed by atoms with Crippen LogP contribution in [0, 0.1) is 0 Å². The molecule has 11 heavy (non-hydrogen) atoms. The summed E-state index contributed by atoms with van der Waals surface area (Å²) in [5, 5.41) is 9.11. The van der Waals surface area contributed by atoms with E-state index in [0.29, 0.717) is 19.6 Å². The Labute approximate surface area is 65.1 Å². The molecule has 0 amide bonds. The molecular weight excluding hydrogens is 148 g/mol.